The fourth-order valence-corrected chi connectivity index (χ4v) is 2.52. The summed E-state index contributed by atoms with van der Waals surface area (Å²) in [5, 5.41) is 13.3. The van der Waals surface area contributed by atoms with Gasteiger partial charge in [-0.1, -0.05) is 6.07 Å². The van der Waals surface area contributed by atoms with Crippen molar-refractivity contribution >= 4 is 23.2 Å². The monoisotopic (exact) mass is 308 g/mol. The number of aliphatic hydroxyl groups excluding tert-OH is 1. The van der Waals surface area contributed by atoms with Crippen LogP contribution in [-0.4, -0.2) is 28.6 Å². The molecule has 0 spiro atoms. The molecule has 0 unspecified atom stereocenters. The van der Waals surface area contributed by atoms with E-state index in [-0.39, 0.29) is 18.2 Å². The van der Waals surface area contributed by atoms with Crippen molar-refractivity contribution in [1.82, 2.24) is 5.32 Å². The van der Waals surface area contributed by atoms with Crippen molar-refractivity contribution < 1.29 is 14.6 Å². The minimum absolute atomic E-state index is 0.171. The molecule has 5 nitrogen and oxygen atoms in total. The van der Waals surface area contributed by atoms with E-state index in [1.54, 1.807) is 32.0 Å². The second kappa shape index (κ2) is 5.92. The molecule has 2 atom stereocenters. The smallest absolute Gasteiger partial charge is 0.221 e. The summed E-state index contributed by atoms with van der Waals surface area (Å²) in [5.41, 5.74) is 0.199. The lowest BCUT2D eigenvalue weighted by molar-refractivity contribution is -0.125. The van der Waals surface area contributed by atoms with Gasteiger partial charge in [-0.05, 0) is 26.0 Å². The Bertz CT molecular complexity index is 595. The fraction of sp³-hybridized carbons (Fsp3) is 0.467. The Hall–Kier alpha value is -1.77. The lowest BCUT2D eigenvalue weighted by atomic mass is 9.86. The van der Waals surface area contributed by atoms with E-state index < -0.39 is 17.7 Å². The van der Waals surface area contributed by atoms with Crippen LogP contribution in [0.3, 0.4) is 0 Å². The topological polar surface area (TPSA) is 62.9 Å². The first-order chi connectivity index (χ1) is 9.89. The molecule has 6 heteroatoms. The molecule has 1 aliphatic rings. The maximum absolute atomic E-state index is 11.8. The van der Waals surface area contributed by atoms with E-state index >= 15 is 0 Å². The number of fused-ring (bicyclic) bond motifs is 1. The van der Waals surface area contributed by atoms with Crippen LogP contribution in [0.15, 0.2) is 18.2 Å². The van der Waals surface area contributed by atoms with E-state index in [4.69, 9.17) is 22.9 Å². The summed E-state index contributed by atoms with van der Waals surface area (Å²) >= 11 is 5.57. The van der Waals surface area contributed by atoms with Crippen LogP contribution in [0.5, 0.6) is 5.75 Å². The number of alkyl halides is 1. The van der Waals surface area contributed by atoms with E-state index in [1.807, 2.05) is 0 Å². The second-order valence-corrected chi connectivity index (χ2v) is 5.85. The maximum atomic E-state index is 11.8. The van der Waals surface area contributed by atoms with Gasteiger partial charge in [0, 0.05) is 17.9 Å². The highest BCUT2D eigenvalue weighted by Crippen LogP contribution is 2.41. The summed E-state index contributed by atoms with van der Waals surface area (Å²) in [4.78, 5) is 15.2. The van der Waals surface area contributed by atoms with Crippen molar-refractivity contribution in [2.45, 2.75) is 38.0 Å². The number of benzene rings is 1. The number of carbonyl (C=O) groups is 1. The number of amides is 1. The zero-order valence-corrected chi connectivity index (χ0v) is 12.6. The zero-order chi connectivity index (χ0) is 15.6. The number of rotatable bonds is 3. The van der Waals surface area contributed by atoms with E-state index in [0.29, 0.717) is 17.0 Å². The lowest BCUT2D eigenvalue weighted by Gasteiger charge is -2.42. The number of halogens is 1. The zero-order valence-electron chi connectivity index (χ0n) is 11.9. The molecule has 0 bridgehead atoms. The van der Waals surface area contributed by atoms with Gasteiger partial charge in [-0.2, -0.15) is 0 Å². The Kier molecular flexibility index (Phi) is 4.40. The number of nitrogens with one attached hydrogen (secondary N) is 1. The van der Waals surface area contributed by atoms with E-state index in [9.17, 15) is 9.90 Å². The molecule has 21 heavy (non-hydrogen) atoms. The van der Waals surface area contributed by atoms with Gasteiger partial charge >= 0.3 is 0 Å². The van der Waals surface area contributed by atoms with Crippen LogP contribution in [0.4, 0.5) is 5.69 Å². The van der Waals surface area contributed by atoms with Gasteiger partial charge in [-0.15, -0.1) is 11.6 Å². The van der Waals surface area contributed by atoms with Crippen LogP contribution in [0.2, 0.25) is 0 Å². The summed E-state index contributed by atoms with van der Waals surface area (Å²) < 4.78 is 5.77. The molecule has 0 aliphatic carbocycles. The van der Waals surface area contributed by atoms with Crippen molar-refractivity contribution in [1.29, 1.82) is 0 Å². The molecule has 1 heterocycles. The Morgan fingerprint density at radius 2 is 2.29 bits per heavy atom. The molecule has 1 aromatic rings. The van der Waals surface area contributed by atoms with Crippen LogP contribution in [0.1, 0.15) is 31.9 Å². The second-order valence-electron chi connectivity index (χ2n) is 5.47. The SMILES string of the molecule is [C-]#[N+]c1ccc2c(c1)[C@@H](NC(=O)CCCl)[C@H](O)C(C)(C)O2. The normalized spacial score (nSPS) is 22.6. The summed E-state index contributed by atoms with van der Waals surface area (Å²) in [7, 11) is 0. The predicted octanol–water partition coefficient (Wildman–Crippen LogP) is 2.56. The largest absolute Gasteiger partial charge is 0.485 e. The van der Waals surface area contributed by atoms with Gasteiger partial charge in [-0.25, -0.2) is 4.85 Å². The first-order valence-electron chi connectivity index (χ1n) is 6.63. The maximum Gasteiger partial charge on any atom is 0.221 e. The van der Waals surface area contributed by atoms with Gasteiger partial charge in [-0.3, -0.25) is 4.79 Å². The minimum atomic E-state index is -0.926. The summed E-state index contributed by atoms with van der Waals surface area (Å²) in [6, 6.07) is 4.35. The molecular formula is C15H17ClN2O3. The van der Waals surface area contributed by atoms with Crippen molar-refractivity contribution in [2.24, 2.45) is 0 Å². The third kappa shape index (κ3) is 3.12. The molecule has 1 aromatic carbocycles. The first-order valence-corrected chi connectivity index (χ1v) is 7.16. The van der Waals surface area contributed by atoms with Crippen LogP contribution in [-0.2, 0) is 4.79 Å². The number of hydrogen-bond acceptors (Lipinski definition) is 3. The highest BCUT2D eigenvalue weighted by molar-refractivity contribution is 6.18. The Morgan fingerprint density at radius 1 is 1.57 bits per heavy atom. The average Bonchev–Trinajstić information content (AvgIpc) is 2.43. The molecule has 0 aromatic heterocycles. The quantitative estimate of drug-likeness (QED) is 0.666. The van der Waals surface area contributed by atoms with Crippen LogP contribution < -0.4 is 10.1 Å². The van der Waals surface area contributed by atoms with Crippen molar-refractivity contribution in [3.8, 4) is 5.75 Å². The van der Waals surface area contributed by atoms with Gasteiger partial charge in [0.15, 0.2) is 5.69 Å². The molecular weight excluding hydrogens is 292 g/mol. The molecule has 112 valence electrons. The molecule has 0 fully saturated rings. The number of carbonyl (C=O) groups excluding carboxylic acids is 1. The van der Waals surface area contributed by atoms with E-state index in [0.717, 1.165) is 0 Å². The average molecular weight is 309 g/mol. The first kappa shape index (κ1) is 15.6. The van der Waals surface area contributed by atoms with Gasteiger partial charge in [0.25, 0.3) is 0 Å². The Balaban J connectivity index is 2.42. The number of hydrogen-bond donors (Lipinski definition) is 2. The molecule has 2 N–H and O–H groups in total. The predicted molar refractivity (Wildman–Crippen MR) is 79.6 cm³/mol. The van der Waals surface area contributed by atoms with Crippen molar-refractivity contribution in [3.63, 3.8) is 0 Å². The number of nitrogens with zero attached hydrogens (tertiary/aromatic N) is 1. The summed E-state index contributed by atoms with van der Waals surface area (Å²) in [6.45, 7) is 10.6. The van der Waals surface area contributed by atoms with Crippen LogP contribution >= 0.6 is 11.6 Å². The van der Waals surface area contributed by atoms with Gasteiger partial charge in [0.1, 0.15) is 17.5 Å². The highest BCUT2D eigenvalue weighted by atomic mass is 35.5. The van der Waals surface area contributed by atoms with Crippen LogP contribution in [0, 0.1) is 6.57 Å². The fourth-order valence-electron chi connectivity index (χ4n) is 2.34. The molecule has 1 aliphatic heterocycles. The standard InChI is InChI=1S/C15H17ClN2O3/c1-15(2)14(20)13(18-12(19)6-7-16)10-8-9(17-3)4-5-11(10)21-15/h4-5,8,13-14,20H,6-7H2,1-2H3,(H,18,19)/t13-,14+/m1/s1. The Labute approximate surface area is 128 Å². The van der Waals surface area contributed by atoms with Crippen molar-refractivity contribution in [3.05, 3.63) is 35.2 Å². The number of ether oxygens (including phenoxy) is 1. The molecule has 0 saturated carbocycles. The van der Waals surface area contributed by atoms with E-state index in [2.05, 4.69) is 10.2 Å². The number of aliphatic hydroxyl groups is 1. The molecule has 1 amide bonds. The van der Waals surface area contributed by atoms with Crippen LogP contribution in [0.25, 0.3) is 4.85 Å². The highest BCUT2D eigenvalue weighted by Gasteiger charge is 2.43. The summed E-state index contributed by atoms with van der Waals surface area (Å²) in [6.07, 6.45) is -0.755. The lowest BCUT2D eigenvalue weighted by Crippen LogP contribution is -2.53. The summed E-state index contributed by atoms with van der Waals surface area (Å²) in [5.74, 6) is 0.531. The molecule has 0 radical (unpaired) electrons. The van der Waals surface area contributed by atoms with Gasteiger partial charge in [0.05, 0.1) is 12.6 Å². The Morgan fingerprint density at radius 3 is 2.90 bits per heavy atom. The minimum Gasteiger partial charge on any atom is -0.485 e. The van der Waals surface area contributed by atoms with Gasteiger partial charge in [0.2, 0.25) is 5.91 Å². The third-order valence-electron chi connectivity index (χ3n) is 3.50. The third-order valence-corrected chi connectivity index (χ3v) is 3.69. The molecule has 2 rings (SSSR count). The van der Waals surface area contributed by atoms with Crippen molar-refractivity contribution in [2.75, 3.05) is 5.88 Å². The van der Waals surface area contributed by atoms with E-state index in [1.165, 1.54) is 0 Å². The molecule has 0 saturated heterocycles. The van der Waals surface area contributed by atoms with Gasteiger partial charge < -0.3 is 15.2 Å².